The average molecular weight is 461 g/mol. The van der Waals surface area contributed by atoms with Gasteiger partial charge in [-0.3, -0.25) is 9.36 Å². The fraction of sp³-hybridized carbons (Fsp3) is 0.174. The maximum atomic E-state index is 13.8. The van der Waals surface area contributed by atoms with Gasteiger partial charge in [-0.05, 0) is 37.1 Å². The first kappa shape index (κ1) is 20.9. The number of fused-ring (bicyclic) bond motifs is 2. The summed E-state index contributed by atoms with van der Waals surface area (Å²) in [5.41, 5.74) is 8.94. The molecule has 4 N–H and O–H groups in total. The molecule has 0 saturated carbocycles. The van der Waals surface area contributed by atoms with Crippen molar-refractivity contribution < 1.29 is 0 Å². The van der Waals surface area contributed by atoms with Crippen LogP contribution < -0.4 is 16.6 Å². The van der Waals surface area contributed by atoms with E-state index in [9.17, 15) is 4.79 Å². The van der Waals surface area contributed by atoms with Gasteiger partial charge in [-0.1, -0.05) is 42.8 Å². The Morgan fingerprint density at radius 1 is 1.15 bits per heavy atom. The molecule has 5 aromatic rings. The Kier molecular flexibility index (Phi) is 5.18. The summed E-state index contributed by atoms with van der Waals surface area (Å²) in [5.74, 6) is 1.12. The quantitative estimate of drug-likeness (QED) is 0.359. The third-order valence-corrected chi connectivity index (χ3v) is 5.88. The van der Waals surface area contributed by atoms with E-state index in [2.05, 4.69) is 25.3 Å². The van der Waals surface area contributed by atoms with Crippen molar-refractivity contribution in [1.82, 2.24) is 29.5 Å². The van der Waals surface area contributed by atoms with E-state index in [1.54, 1.807) is 22.8 Å². The first-order valence-corrected chi connectivity index (χ1v) is 10.9. The molecular weight excluding hydrogens is 440 g/mol. The Balaban J connectivity index is 1.77. The van der Waals surface area contributed by atoms with E-state index in [1.807, 2.05) is 38.1 Å². The molecule has 0 radical (unpaired) electrons. The van der Waals surface area contributed by atoms with Gasteiger partial charge >= 0.3 is 0 Å². The molecule has 166 valence electrons. The number of hydrogen-bond acceptors (Lipinski definition) is 7. The van der Waals surface area contributed by atoms with Gasteiger partial charge in [-0.2, -0.15) is 9.97 Å². The van der Waals surface area contributed by atoms with Gasteiger partial charge in [0.1, 0.15) is 11.3 Å². The third-order valence-electron chi connectivity index (χ3n) is 5.56. The van der Waals surface area contributed by atoms with E-state index < -0.39 is 0 Å². The zero-order valence-corrected chi connectivity index (χ0v) is 18.8. The number of rotatable bonds is 5. The lowest BCUT2D eigenvalue weighted by atomic mass is 10.1. The second-order valence-electron chi connectivity index (χ2n) is 7.67. The standard InChI is InChI=1S/C23H21ClN8O/c1-3-14(28-20-18-19(27-11-26-18)30-23(25)31-20)21-29-15-9-6-8-13(24)17(15)22(33)32(21)16-10-5-4-7-12(16)2/h4-11,14H,3H2,1-2H3,(H4,25,26,27,28,30,31)/t14-/m1/s1. The summed E-state index contributed by atoms with van der Waals surface area (Å²) in [7, 11) is 0. The summed E-state index contributed by atoms with van der Waals surface area (Å²) < 4.78 is 1.62. The minimum atomic E-state index is -0.374. The fourth-order valence-electron chi connectivity index (χ4n) is 3.96. The van der Waals surface area contributed by atoms with Crippen molar-refractivity contribution in [1.29, 1.82) is 0 Å². The normalized spacial score (nSPS) is 12.3. The third kappa shape index (κ3) is 3.56. The molecule has 33 heavy (non-hydrogen) atoms. The van der Waals surface area contributed by atoms with Gasteiger partial charge in [0.2, 0.25) is 5.95 Å². The van der Waals surface area contributed by atoms with E-state index in [0.29, 0.717) is 45.2 Å². The Morgan fingerprint density at radius 2 is 1.97 bits per heavy atom. The van der Waals surface area contributed by atoms with Crippen molar-refractivity contribution in [3.63, 3.8) is 0 Å². The van der Waals surface area contributed by atoms with Crippen molar-refractivity contribution in [2.24, 2.45) is 0 Å². The molecule has 0 saturated heterocycles. The Labute approximate surface area is 193 Å². The highest BCUT2D eigenvalue weighted by molar-refractivity contribution is 6.35. The van der Waals surface area contributed by atoms with E-state index in [4.69, 9.17) is 22.3 Å². The lowest BCUT2D eigenvalue weighted by Crippen LogP contribution is -2.29. The molecule has 10 heteroatoms. The predicted octanol–water partition coefficient (Wildman–Crippen LogP) is 4.16. The first-order valence-electron chi connectivity index (χ1n) is 10.5. The van der Waals surface area contributed by atoms with E-state index in [0.717, 1.165) is 11.3 Å². The number of aromatic nitrogens is 6. The number of hydrogen-bond donors (Lipinski definition) is 3. The fourth-order valence-corrected chi connectivity index (χ4v) is 4.21. The van der Waals surface area contributed by atoms with Gasteiger partial charge in [0.25, 0.3) is 5.56 Å². The molecule has 0 amide bonds. The molecule has 2 aromatic carbocycles. The van der Waals surface area contributed by atoms with Crippen LogP contribution in [0.3, 0.4) is 0 Å². The number of nitrogen functional groups attached to an aromatic ring is 1. The van der Waals surface area contributed by atoms with Crippen LogP contribution in [0, 0.1) is 6.92 Å². The van der Waals surface area contributed by atoms with Crippen molar-refractivity contribution in [2.75, 3.05) is 11.1 Å². The summed E-state index contributed by atoms with van der Waals surface area (Å²) in [6.45, 7) is 3.96. The molecule has 0 unspecified atom stereocenters. The number of halogens is 1. The van der Waals surface area contributed by atoms with Crippen LogP contribution in [0.1, 0.15) is 30.8 Å². The van der Waals surface area contributed by atoms with Gasteiger partial charge < -0.3 is 16.0 Å². The summed E-state index contributed by atoms with van der Waals surface area (Å²) in [4.78, 5) is 34.4. The molecule has 0 fully saturated rings. The van der Waals surface area contributed by atoms with E-state index in [1.165, 1.54) is 6.33 Å². The van der Waals surface area contributed by atoms with Crippen molar-refractivity contribution in [3.05, 3.63) is 75.6 Å². The lowest BCUT2D eigenvalue weighted by molar-refractivity contribution is 0.658. The number of para-hydroxylation sites is 1. The number of aromatic amines is 1. The van der Waals surface area contributed by atoms with Crippen LogP contribution in [0.25, 0.3) is 27.8 Å². The van der Waals surface area contributed by atoms with Gasteiger partial charge in [-0.15, -0.1) is 0 Å². The van der Waals surface area contributed by atoms with Crippen LogP contribution in [0.2, 0.25) is 5.02 Å². The highest BCUT2D eigenvalue weighted by atomic mass is 35.5. The molecule has 0 aliphatic carbocycles. The van der Waals surface area contributed by atoms with E-state index in [-0.39, 0.29) is 17.5 Å². The maximum Gasteiger partial charge on any atom is 0.267 e. The minimum absolute atomic E-state index is 0.0986. The monoisotopic (exact) mass is 460 g/mol. The van der Waals surface area contributed by atoms with E-state index >= 15 is 0 Å². The molecule has 0 bridgehead atoms. The van der Waals surface area contributed by atoms with Gasteiger partial charge in [0.15, 0.2) is 11.5 Å². The largest absolute Gasteiger partial charge is 0.368 e. The molecule has 1 atom stereocenters. The lowest BCUT2D eigenvalue weighted by Gasteiger charge is -2.23. The number of nitrogens with zero attached hydrogens (tertiary/aromatic N) is 5. The number of nitrogens with two attached hydrogens (primary N) is 1. The Hall–Kier alpha value is -3.98. The van der Waals surface area contributed by atoms with Gasteiger partial charge in [0.05, 0.1) is 34.0 Å². The topological polar surface area (TPSA) is 127 Å². The molecule has 0 aliphatic heterocycles. The smallest absolute Gasteiger partial charge is 0.267 e. The molecule has 5 rings (SSSR count). The van der Waals surface area contributed by atoms with Crippen LogP contribution in [-0.4, -0.2) is 29.5 Å². The molecule has 0 spiro atoms. The van der Waals surface area contributed by atoms with Crippen LogP contribution in [0.15, 0.2) is 53.6 Å². The van der Waals surface area contributed by atoms with Crippen LogP contribution in [-0.2, 0) is 0 Å². The highest BCUT2D eigenvalue weighted by Gasteiger charge is 2.23. The highest BCUT2D eigenvalue weighted by Crippen LogP contribution is 2.28. The average Bonchev–Trinajstić information content (AvgIpc) is 3.26. The zero-order valence-electron chi connectivity index (χ0n) is 18.0. The summed E-state index contributed by atoms with van der Waals surface area (Å²) in [6, 6.07) is 12.6. The second kappa shape index (κ2) is 8.18. The van der Waals surface area contributed by atoms with Gasteiger partial charge in [0, 0.05) is 0 Å². The number of benzene rings is 2. The number of H-pyrrole nitrogens is 1. The van der Waals surface area contributed by atoms with Crippen LogP contribution in [0.4, 0.5) is 11.8 Å². The number of imidazole rings is 1. The SMILES string of the molecule is CC[C@@H](Nc1nc(N)nc2nc[nH]c12)c1nc2cccc(Cl)c2c(=O)n1-c1ccccc1C. The molecule has 0 aliphatic rings. The van der Waals surface area contributed by atoms with Crippen LogP contribution >= 0.6 is 11.6 Å². The van der Waals surface area contributed by atoms with Gasteiger partial charge in [-0.25, -0.2) is 9.97 Å². The molecule has 3 aromatic heterocycles. The maximum absolute atomic E-state index is 13.8. The van der Waals surface area contributed by atoms with Crippen LogP contribution in [0.5, 0.6) is 0 Å². The molecule has 9 nitrogen and oxygen atoms in total. The summed E-state index contributed by atoms with van der Waals surface area (Å²) in [5, 5.41) is 4.14. The number of nitrogens with one attached hydrogen (secondary N) is 2. The Bertz CT molecular complexity index is 1560. The zero-order chi connectivity index (χ0) is 23.1. The summed E-state index contributed by atoms with van der Waals surface area (Å²) in [6.07, 6.45) is 2.15. The Morgan fingerprint density at radius 3 is 2.76 bits per heavy atom. The molecular formula is C23H21ClN8O. The summed E-state index contributed by atoms with van der Waals surface area (Å²) >= 11 is 6.42. The predicted molar refractivity (Wildman–Crippen MR) is 130 cm³/mol. The number of aryl methyl sites for hydroxylation is 1. The first-order chi connectivity index (χ1) is 16.0. The molecule has 3 heterocycles. The number of anilines is 2. The minimum Gasteiger partial charge on any atom is -0.368 e. The van der Waals surface area contributed by atoms with Crippen molar-refractivity contribution >= 4 is 45.4 Å². The van der Waals surface area contributed by atoms with Crippen molar-refractivity contribution in [2.45, 2.75) is 26.3 Å². The second-order valence-corrected chi connectivity index (χ2v) is 8.07. The van der Waals surface area contributed by atoms with Crippen molar-refractivity contribution in [3.8, 4) is 5.69 Å².